The number of benzene rings is 6. The van der Waals surface area contributed by atoms with Crippen LogP contribution in [0.1, 0.15) is 11.1 Å². The summed E-state index contributed by atoms with van der Waals surface area (Å²) in [4.78, 5) is 0. The third kappa shape index (κ3) is 2.47. The third-order valence-corrected chi connectivity index (χ3v) is 6.57. The van der Waals surface area contributed by atoms with Gasteiger partial charge in [-0.3, -0.25) is 0 Å². The van der Waals surface area contributed by atoms with E-state index in [0.29, 0.717) is 0 Å². The molecule has 30 heavy (non-hydrogen) atoms. The zero-order valence-electron chi connectivity index (χ0n) is 17.2. The molecule has 0 radical (unpaired) electrons. The van der Waals surface area contributed by atoms with Crippen LogP contribution >= 0.6 is 0 Å². The van der Waals surface area contributed by atoms with Crippen molar-refractivity contribution >= 4 is 32.3 Å². The first-order valence-electron chi connectivity index (χ1n) is 10.5. The van der Waals surface area contributed by atoms with Crippen LogP contribution < -0.4 is 0 Å². The van der Waals surface area contributed by atoms with Crippen molar-refractivity contribution < 1.29 is 0 Å². The fourth-order valence-corrected chi connectivity index (χ4v) is 4.83. The highest BCUT2D eigenvalue weighted by atomic mass is 14.2. The summed E-state index contributed by atoms with van der Waals surface area (Å²) in [5, 5.41) is 8.02. The second kappa shape index (κ2) is 6.43. The Bertz CT molecular complexity index is 1540. The van der Waals surface area contributed by atoms with Gasteiger partial charge in [0.1, 0.15) is 0 Å². The number of aryl methyl sites for hydroxylation is 2. The van der Waals surface area contributed by atoms with Crippen LogP contribution in [-0.2, 0) is 0 Å². The van der Waals surface area contributed by atoms with Crippen molar-refractivity contribution in [2.24, 2.45) is 0 Å². The highest BCUT2D eigenvalue weighted by Gasteiger charge is 2.14. The van der Waals surface area contributed by atoms with Crippen LogP contribution in [0.15, 0.2) is 97.1 Å². The van der Waals surface area contributed by atoms with E-state index < -0.39 is 0 Å². The molecule has 0 fully saturated rings. The zero-order valence-corrected chi connectivity index (χ0v) is 17.2. The minimum atomic E-state index is 1.27. The van der Waals surface area contributed by atoms with E-state index in [2.05, 4.69) is 111 Å². The van der Waals surface area contributed by atoms with E-state index >= 15 is 0 Å². The van der Waals surface area contributed by atoms with Crippen LogP contribution in [-0.4, -0.2) is 0 Å². The highest BCUT2D eigenvalue weighted by molar-refractivity contribution is 6.27. The molecule has 0 N–H and O–H groups in total. The smallest absolute Gasteiger partial charge is 0.00203 e. The minimum absolute atomic E-state index is 1.27. The average Bonchev–Trinajstić information content (AvgIpc) is 2.79. The molecule has 0 bridgehead atoms. The Balaban J connectivity index is 1.72. The Morgan fingerprint density at radius 3 is 1.60 bits per heavy atom. The molecule has 0 saturated heterocycles. The normalized spacial score (nSPS) is 11.7. The first-order valence-corrected chi connectivity index (χ1v) is 10.5. The molecule has 0 heterocycles. The predicted molar refractivity (Wildman–Crippen MR) is 130 cm³/mol. The summed E-state index contributed by atoms with van der Waals surface area (Å²) in [7, 11) is 0. The van der Waals surface area contributed by atoms with Crippen LogP contribution in [0.2, 0.25) is 0 Å². The number of hydrogen-bond donors (Lipinski definition) is 0. The highest BCUT2D eigenvalue weighted by Crippen LogP contribution is 2.42. The summed E-state index contributed by atoms with van der Waals surface area (Å²) in [6.07, 6.45) is 0. The summed E-state index contributed by atoms with van der Waals surface area (Å²) >= 11 is 0. The van der Waals surface area contributed by atoms with Gasteiger partial charge in [-0.25, -0.2) is 0 Å². The molecule has 0 unspecified atom stereocenters. The quantitative estimate of drug-likeness (QED) is 0.263. The Kier molecular flexibility index (Phi) is 3.70. The molecule has 6 aromatic rings. The first kappa shape index (κ1) is 17.2. The molecule has 0 aliphatic rings. The topological polar surface area (TPSA) is 0 Å². The number of hydrogen-bond acceptors (Lipinski definition) is 0. The third-order valence-electron chi connectivity index (χ3n) is 6.57. The molecule has 0 aliphatic carbocycles. The van der Waals surface area contributed by atoms with E-state index in [1.807, 2.05) is 0 Å². The van der Waals surface area contributed by atoms with Crippen LogP contribution in [0.3, 0.4) is 0 Å². The van der Waals surface area contributed by atoms with Gasteiger partial charge < -0.3 is 0 Å². The molecular weight excluding hydrogens is 360 g/mol. The van der Waals surface area contributed by atoms with Crippen molar-refractivity contribution in [2.75, 3.05) is 0 Å². The molecule has 0 amide bonds. The maximum atomic E-state index is 2.32. The Morgan fingerprint density at radius 2 is 1.00 bits per heavy atom. The van der Waals surface area contributed by atoms with Crippen LogP contribution in [0.5, 0.6) is 0 Å². The first-order chi connectivity index (χ1) is 14.7. The van der Waals surface area contributed by atoms with E-state index in [4.69, 9.17) is 0 Å². The van der Waals surface area contributed by atoms with Crippen LogP contribution in [0.25, 0.3) is 54.6 Å². The monoisotopic (exact) mass is 382 g/mol. The molecule has 0 spiro atoms. The lowest BCUT2D eigenvalue weighted by molar-refractivity contribution is 1.34. The Labute approximate surface area is 176 Å². The standard InChI is InChI=1S/C30H22/c1-19-8-9-24(18-20(19)2)26-15-11-23-12-16-27-25(21-6-4-3-5-7-21)14-10-22-13-17-28(26)30(23)29(22)27/h3-18H,1-2H3. The fourth-order valence-electron chi connectivity index (χ4n) is 4.83. The van der Waals surface area contributed by atoms with Crippen molar-refractivity contribution in [1.29, 1.82) is 0 Å². The second-order valence-corrected chi connectivity index (χ2v) is 8.31. The molecular formula is C30H22. The maximum Gasteiger partial charge on any atom is -0.00203 e. The number of rotatable bonds is 2. The van der Waals surface area contributed by atoms with Gasteiger partial charge in [-0.15, -0.1) is 0 Å². The summed E-state index contributed by atoms with van der Waals surface area (Å²) in [5.41, 5.74) is 7.84. The van der Waals surface area contributed by atoms with Crippen molar-refractivity contribution in [3.8, 4) is 22.3 Å². The molecule has 0 heteroatoms. The lowest BCUT2D eigenvalue weighted by Gasteiger charge is -2.17. The molecule has 0 aromatic heterocycles. The van der Waals surface area contributed by atoms with E-state index in [1.54, 1.807) is 0 Å². The van der Waals surface area contributed by atoms with Crippen LogP contribution in [0, 0.1) is 13.8 Å². The van der Waals surface area contributed by atoms with Gasteiger partial charge in [0.05, 0.1) is 0 Å². The summed E-state index contributed by atoms with van der Waals surface area (Å²) < 4.78 is 0. The van der Waals surface area contributed by atoms with Gasteiger partial charge in [0.15, 0.2) is 0 Å². The average molecular weight is 383 g/mol. The lowest BCUT2D eigenvalue weighted by Crippen LogP contribution is -1.90. The van der Waals surface area contributed by atoms with Crippen molar-refractivity contribution in [3.63, 3.8) is 0 Å². The molecule has 0 aliphatic heterocycles. The van der Waals surface area contributed by atoms with Gasteiger partial charge in [0.2, 0.25) is 0 Å². The summed E-state index contributed by atoms with van der Waals surface area (Å²) in [6, 6.07) is 35.8. The molecule has 0 saturated carbocycles. The second-order valence-electron chi connectivity index (χ2n) is 8.31. The molecule has 6 aromatic carbocycles. The van der Waals surface area contributed by atoms with E-state index in [0.717, 1.165) is 0 Å². The zero-order chi connectivity index (χ0) is 20.2. The van der Waals surface area contributed by atoms with Gasteiger partial charge in [-0.05, 0) is 79.5 Å². The lowest BCUT2D eigenvalue weighted by atomic mass is 9.87. The summed E-state index contributed by atoms with van der Waals surface area (Å²) in [5.74, 6) is 0. The van der Waals surface area contributed by atoms with Gasteiger partial charge >= 0.3 is 0 Å². The van der Waals surface area contributed by atoms with Crippen molar-refractivity contribution in [2.45, 2.75) is 13.8 Å². The van der Waals surface area contributed by atoms with Gasteiger partial charge in [-0.1, -0.05) is 97.1 Å². The summed E-state index contributed by atoms with van der Waals surface area (Å²) in [6.45, 7) is 4.37. The van der Waals surface area contributed by atoms with Gasteiger partial charge in [-0.2, -0.15) is 0 Å². The largest absolute Gasteiger partial charge is 0.0622 e. The van der Waals surface area contributed by atoms with E-state index in [1.165, 1.54) is 65.7 Å². The molecule has 0 nitrogen and oxygen atoms in total. The van der Waals surface area contributed by atoms with E-state index in [9.17, 15) is 0 Å². The van der Waals surface area contributed by atoms with Crippen LogP contribution in [0.4, 0.5) is 0 Å². The minimum Gasteiger partial charge on any atom is -0.0622 e. The maximum absolute atomic E-state index is 2.32. The van der Waals surface area contributed by atoms with Gasteiger partial charge in [0.25, 0.3) is 0 Å². The van der Waals surface area contributed by atoms with E-state index in [-0.39, 0.29) is 0 Å². The van der Waals surface area contributed by atoms with Gasteiger partial charge in [0, 0.05) is 0 Å². The molecule has 142 valence electrons. The Morgan fingerprint density at radius 1 is 0.433 bits per heavy atom. The molecule has 0 atom stereocenters. The fraction of sp³-hybridized carbons (Fsp3) is 0.0667. The predicted octanol–water partition coefficient (Wildman–Crippen LogP) is 8.53. The molecule has 6 rings (SSSR count). The Hall–Kier alpha value is -3.64. The van der Waals surface area contributed by atoms with Crippen molar-refractivity contribution in [1.82, 2.24) is 0 Å². The van der Waals surface area contributed by atoms with Crippen molar-refractivity contribution in [3.05, 3.63) is 108 Å². The SMILES string of the molecule is Cc1ccc(-c2ccc3ccc4c(-c5ccccc5)ccc5ccc2c3c54)cc1C.